The summed E-state index contributed by atoms with van der Waals surface area (Å²) >= 11 is 0. The van der Waals surface area contributed by atoms with Gasteiger partial charge in [-0.2, -0.15) is 17.4 Å². The molecule has 0 radical (unpaired) electrons. The molecule has 250 valence electrons. The smallest absolute Gasteiger partial charge is 0.279 e. The highest BCUT2D eigenvalue weighted by atomic mass is 32.2. The first-order valence-electron chi connectivity index (χ1n) is 15.1. The van der Waals surface area contributed by atoms with E-state index in [0.717, 1.165) is 4.90 Å². The van der Waals surface area contributed by atoms with Crippen molar-refractivity contribution < 1.29 is 46.5 Å². The van der Waals surface area contributed by atoms with E-state index >= 15 is 0 Å². The lowest BCUT2D eigenvalue weighted by molar-refractivity contribution is -0.136. The van der Waals surface area contributed by atoms with E-state index in [9.17, 15) is 27.6 Å². The molecule has 0 bridgehead atoms. The number of hydrogen-bond donors (Lipinski definition) is 4. The summed E-state index contributed by atoms with van der Waals surface area (Å²) in [6.07, 6.45) is 1.47. The van der Waals surface area contributed by atoms with Crippen LogP contribution in [0.2, 0.25) is 0 Å². The minimum atomic E-state index is -3.51. The van der Waals surface area contributed by atoms with E-state index in [2.05, 4.69) is 15.4 Å². The molecular weight excluding hydrogens is 612 g/mol. The van der Waals surface area contributed by atoms with Crippen LogP contribution in [0.3, 0.4) is 0 Å². The maximum atomic E-state index is 13.1. The summed E-state index contributed by atoms with van der Waals surface area (Å²) in [4.78, 5) is 50.7. The molecule has 1 atom stereocenters. The first-order valence-corrected chi connectivity index (χ1v) is 16.5. The van der Waals surface area contributed by atoms with Crippen LogP contribution in [0, 0.1) is 0 Å². The van der Waals surface area contributed by atoms with Crippen LogP contribution in [0.4, 0.5) is 5.69 Å². The summed E-state index contributed by atoms with van der Waals surface area (Å²) < 4.78 is 50.3. The normalized spacial score (nSPS) is 19.7. The highest BCUT2D eigenvalue weighted by molar-refractivity contribution is 7.87. The monoisotopic (exact) mass is 654 g/mol. The van der Waals surface area contributed by atoms with E-state index in [4.69, 9.17) is 24.7 Å². The number of benzene rings is 1. The maximum absolute atomic E-state index is 13.1. The molecule has 3 heterocycles. The molecule has 2 fully saturated rings. The molecule has 45 heavy (non-hydrogen) atoms. The number of hydrogen-bond acceptors (Lipinski definition) is 12. The van der Waals surface area contributed by atoms with E-state index in [1.807, 2.05) is 0 Å². The molecule has 1 aromatic carbocycles. The van der Waals surface area contributed by atoms with Gasteiger partial charge in [0.1, 0.15) is 6.04 Å². The molecule has 16 nitrogen and oxygen atoms in total. The van der Waals surface area contributed by atoms with Crippen molar-refractivity contribution in [3.63, 3.8) is 0 Å². The minimum absolute atomic E-state index is 0.0590. The molecule has 4 rings (SSSR count). The zero-order chi connectivity index (χ0) is 32.2. The van der Waals surface area contributed by atoms with Gasteiger partial charge in [0.25, 0.3) is 22.0 Å². The number of nitrogens with one attached hydrogen (secondary N) is 3. The summed E-state index contributed by atoms with van der Waals surface area (Å²) in [5.74, 6) is -2.20. The van der Waals surface area contributed by atoms with Crippen LogP contribution in [-0.2, 0) is 38.7 Å². The Balaban J connectivity index is 0.995. The second-order valence-corrected chi connectivity index (χ2v) is 12.4. The average molecular weight is 655 g/mol. The van der Waals surface area contributed by atoms with Gasteiger partial charge in [-0.15, -0.1) is 0 Å². The van der Waals surface area contributed by atoms with Crippen molar-refractivity contribution in [1.82, 2.24) is 19.2 Å². The number of fused-ring (bicyclic) bond motifs is 1. The molecule has 4 amide bonds. The van der Waals surface area contributed by atoms with Crippen molar-refractivity contribution in [3.05, 3.63) is 29.3 Å². The molecule has 1 unspecified atom stereocenters. The van der Waals surface area contributed by atoms with Gasteiger partial charge in [0, 0.05) is 44.3 Å². The van der Waals surface area contributed by atoms with Gasteiger partial charge in [-0.25, -0.2) is 0 Å². The number of nitrogens with two attached hydrogens (primary N) is 1. The third kappa shape index (κ3) is 9.73. The minimum Gasteiger partial charge on any atom is -0.382 e. The van der Waals surface area contributed by atoms with E-state index in [0.29, 0.717) is 84.4 Å². The Morgan fingerprint density at radius 3 is 2.04 bits per heavy atom. The summed E-state index contributed by atoms with van der Waals surface area (Å²) in [5, 5.41) is 5.30. The van der Waals surface area contributed by atoms with Crippen LogP contribution in [0.25, 0.3) is 0 Å². The summed E-state index contributed by atoms with van der Waals surface area (Å²) in [6.45, 7) is 4.09. The number of carbonyl (C=O) groups excluding carboxylic acids is 4. The quantitative estimate of drug-likeness (QED) is 0.103. The fourth-order valence-electron chi connectivity index (χ4n) is 5.13. The van der Waals surface area contributed by atoms with Gasteiger partial charge >= 0.3 is 0 Å². The zero-order valence-electron chi connectivity index (χ0n) is 25.2. The van der Waals surface area contributed by atoms with Crippen molar-refractivity contribution in [2.24, 2.45) is 5.73 Å². The molecular formula is C28H42N6O10S. The number of piperidine rings is 2. The zero-order valence-corrected chi connectivity index (χ0v) is 26.0. The van der Waals surface area contributed by atoms with Crippen LogP contribution in [0.5, 0.6) is 0 Å². The third-order valence-corrected chi connectivity index (χ3v) is 9.13. The lowest BCUT2D eigenvalue weighted by atomic mass is 10.0. The second kappa shape index (κ2) is 17.0. The van der Waals surface area contributed by atoms with Gasteiger partial charge < -0.3 is 30.0 Å². The summed E-state index contributed by atoms with van der Waals surface area (Å²) in [7, 11) is -3.51. The standard InChI is InChI=1S/C28H42N6O10S/c29-20-6-10-33(11-7-20)45(39,40)31-9-13-42-15-17-44-19-18-43-16-14-41-12-8-30-22-3-1-2-21-25(22)28(38)34(27(21)37)23-4-5-24(35)32-26(23)36/h1-3,20,23,30-31H,4-19,29H2,(H,32,35,36). The van der Waals surface area contributed by atoms with Gasteiger partial charge in [0.05, 0.1) is 64.0 Å². The Morgan fingerprint density at radius 1 is 0.822 bits per heavy atom. The van der Waals surface area contributed by atoms with Crippen LogP contribution in [0.15, 0.2) is 18.2 Å². The fourth-order valence-corrected chi connectivity index (χ4v) is 6.35. The first-order chi connectivity index (χ1) is 21.7. The van der Waals surface area contributed by atoms with Gasteiger partial charge in [0.2, 0.25) is 11.8 Å². The summed E-state index contributed by atoms with van der Waals surface area (Å²) in [6, 6.07) is 3.92. The molecule has 3 aliphatic rings. The van der Waals surface area contributed by atoms with E-state index in [1.165, 1.54) is 4.31 Å². The second-order valence-electron chi connectivity index (χ2n) is 10.7. The van der Waals surface area contributed by atoms with Crippen LogP contribution >= 0.6 is 0 Å². The largest absolute Gasteiger partial charge is 0.382 e. The highest BCUT2D eigenvalue weighted by Gasteiger charge is 2.45. The van der Waals surface area contributed by atoms with Crippen molar-refractivity contribution in [1.29, 1.82) is 0 Å². The number of anilines is 1. The number of nitrogens with zero attached hydrogens (tertiary/aromatic N) is 2. The molecule has 2 saturated heterocycles. The first kappa shape index (κ1) is 34.8. The van der Waals surface area contributed by atoms with E-state index in [-0.39, 0.29) is 43.2 Å². The Bertz CT molecular complexity index is 1300. The molecule has 0 aromatic heterocycles. The van der Waals surface area contributed by atoms with E-state index < -0.39 is 39.9 Å². The average Bonchev–Trinajstić information content (AvgIpc) is 3.27. The number of amides is 4. The topological polar surface area (TPSA) is 208 Å². The molecule has 3 aliphatic heterocycles. The van der Waals surface area contributed by atoms with E-state index in [1.54, 1.807) is 18.2 Å². The highest BCUT2D eigenvalue weighted by Crippen LogP contribution is 2.32. The predicted octanol–water partition coefficient (Wildman–Crippen LogP) is -1.18. The number of ether oxygens (including phenoxy) is 4. The predicted molar refractivity (Wildman–Crippen MR) is 161 cm³/mol. The number of carbonyl (C=O) groups is 4. The SMILES string of the molecule is NC1CCN(S(=O)(=O)NCCOCCOCCOCCOCCNc2cccc3c2C(=O)N(C2CCC(=O)NC2=O)C3=O)CC1. The molecule has 0 aliphatic carbocycles. The van der Waals surface area contributed by atoms with Crippen molar-refractivity contribution in [3.8, 4) is 0 Å². The lowest BCUT2D eigenvalue weighted by Crippen LogP contribution is -2.54. The lowest BCUT2D eigenvalue weighted by Gasteiger charge is -2.29. The Labute approximate surface area is 262 Å². The van der Waals surface area contributed by atoms with Gasteiger partial charge in [0.15, 0.2) is 0 Å². The Kier molecular flexibility index (Phi) is 13.2. The molecule has 0 saturated carbocycles. The Morgan fingerprint density at radius 2 is 1.42 bits per heavy atom. The number of imide groups is 2. The van der Waals surface area contributed by atoms with Crippen molar-refractivity contribution >= 4 is 39.5 Å². The molecule has 1 aromatic rings. The van der Waals surface area contributed by atoms with Crippen molar-refractivity contribution in [2.75, 3.05) is 84.4 Å². The molecule has 17 heteroatoms. The van der Waals surface area contributed by atoms with Gasteiger partial charge in [-0.1, -0.05) is 6.07 Å². The fraction of sp³-hybridized carbons (Fsp3) is 0.643. The van der Waals surface area contributed by atoms with Gasteiger partial charge in [-0.3, -0.25) is 29.4 Å². The maximum Gasteiger partial charge on any atom is 0.279 e. The van der Waals surface area contributed by atoms with Gasteiger partial charge in [-0.05, 0) is 31.4 Å². The van der Waals surface area contributed by atoms with Crippen molar-refractivity contribution in [2.45, 2.75) is 37.8 Å². The van der Waals surface area contributed by atoms with Crippen LogP contribution in [0.1, 0.15) is 46.4 Å². The third-order valence-electron chi connectivity index (χ3n) is 7.52. The number of rotatable bonds is 19. The van der Waals surface area contributed by atoms with Crippen LogP contribution < -0.4 is 21.1 Å². The summed E-state index contributed by atoms with van der Waals surface area (Å²) in [5.41, 5.74) is 6.69. The molecule has 5 N–H and O–H groups in total. The van der Waals surface area contributed by atoms with Crippen LogP contribution in [-0.4, -0.2) is 132 Å². The Hall–Kier alpha value is -3.03. The molecule has 0 spiro atoms.